The molecule has 3 aromatic rings. The summed E-state index contributed by atoms with van der Waals surface area (Å²) in [6.45, 7) is 4.13. The molecule has 4 atom stereocenters. The number of rotatable bonds is 13. The Hall–Kier alpha value is -4.60. The molecule has 5 N–H and O–H groups in total. The summed E-state index contributed by atoms with van der Waals surface area (Å²) in [4.78, 5) is 76.5. The van der Waals surface area contributed by atoms with Crippen LogP contribution in [0, 0.1) is 11.8 Å². The molecule has 4 amide bonds. The van der Waals surface area contributed by atoms with Gasteiger partial charge in [0.2, 0.25) is 11.8 Å². The minimum absolute atomic E-state index is 0.00484. The number of anilines is 1. The minimum atomic E-state index is -4.06. The molecule has 4 rings (SSSR count). The van der Waals surface area contributed by atoms with Crippen molar-refractivity contribution in [2.24, 2.45) is 11.8 Å². The number of para-hydroxylation sites is 1. The van der Waals surface area contributed by atoms with Crippen molar-refractivity contribution in [2.45, 2.75) is 51.6 Å². The molecular weight excluding hydrogens is 607 g/mol. The van der Waals surface area contributed by atoms with E-state index in [0.717, 1.165) is 0 Å². The van der Waals surface area contributed by atoms with E-state index in [1.165, 1.54) is 6.07 Å². The highest BCUT2D eigenvalue weighted by Gasteiger charge is 2.35. The second-order valence-electron chi connectivity index (χ2n) is 11.7. The van der Waals surface area contributed by atoms with Crippen molar-refractivity contribution in [1.82, 2.24) is 16.0 Å². The number of ketones is 1. The minimum Gasteiger partial charge on any atom is -0.356 e. The Bertz CT molecular complexity index is 1610. The maximum atomic E-state index is 13.9. The zero-order chi connectivity index (χ0) is 33.3. The van der Waals surface area contributed by atoms with Gasteiger partial charge in [0.05, 0.1) is 6.04 Å². The Morgan fingerprint density at radius 1 is 0.870 bits per heavy atom. The second kappa shape index (κ2) is 15.6. The van der Waals surface area contributed by atoms with Crippen molar-refractivity contribution in [1.29, 1.82) is 0 Å². The second-order valence-corrected chi connectivity index (χ2v) is 13.9. The van der Waals surface area contributed by atoms with Crippen LogP contribution in [0.1, 0.15) is 38.7 Å². The number of carbonyl (C=O) groups is 5. The predicted octanol–water partition coefficient (Wildman–Crippen LogP) is 2.20. The number of nitrogens with one attached hydrogen (secondary N) is 4. The van der Waals surface area contributed by atoms with Crippen molar-refractivity contribution in [3.05, 3.63) is 90.5 Å². The van der Waals surface area contributed by atoms with E-state index in [4.69, 9.17) is 0 Å². The van der Waals surface area contributed by atoms with Gasteiger partial charge in [-0.25, -0.2) is 0 Å². The van der Waals surface area contributed by atoms with Crippen molar-refractivity contribution >= 4 is 53.1 Å². The molecule has 11 nitrogen and oxygen atoms in total. The highest BCUT2D eigenvalue weighted by molar-refractivity contribution is 7.73. The number of benzene rings is 3. The SMILES string of the molecule is CC(C)CC(NC(=O)C(=O)Nc1ccccc1)C(=O)NC(C[C@@H]1CCNC1=O)C(=O)Cc1ccccc1P(=O)(O)c1ccccc1. The first-order valence-electron chi connectivity index (χ1n) is 15.2. The van der Waals surface area contributed by atoms with Gasteiger partial charge in [0.25, 0.3) is 7.37 Å². The van der Waals surface area contributed by atoms with E-state index < -0.39 is 48.9 Å². The van der Waals surface area contributed by atoms with Gasteiger partial charge in [-0.05, 0) is 61.1 Å². The van der Waals surface area contributed by atoms with E-state index in [2.05, 4.69) is 21.3 Å². The van der Waals surface area contributed by atoms with Crippen LogP contribution in [0.5, 0.6) is 0 Å². The van der Waals surface area contributed by atoms with Crippen LogP contribution in [0.2, 0.25) is 0 Å². The molecule has 1 aliphatic heterocycles. The van der Waals surface area contributed by atoms with Crippen LogP contribution in [0.25, 0.3) is 0 Å². The molecule has 0 aromatic heterocycles. The van der Waals surface area contributed by atoms with Crippen LogP contribution >= 0.6 is 7.37 Å². The van der Waals surface area contributed by atoms with Crippen LogP contribution in [0.4, 0.5) is 5.69 Å². The summed E-state index contributed by atoms with van der Waals surface area (Å²) >= 11 is 0. The van der Waals surface area contributed by atoms with Crippen molar-refractivity contribution in [2.75, 3.05) is 11.9 Å². The Morgan fingerprint density at radius 2 is 1.50 bits per heavy atom. The van der Waals surface area contributed by atoms with Crippen molar-refractivity contribution < 1.29 is 33.4 Å². The highest BCUT2D eigenvalue weighted by atomic mass is 31.2. The van der Waals surface area contributed by atoms with E-state index in [-0.39, 0.29) is 41.7 Å². The number of Topliss-reactive ketones (excluding diaryl/α,β-unsaturated/α-hetero) is 1. The summed E-state index contributed by atoms with van der Waals surface area (Å²) in [6, 6.07) is 20.6. The lowest BCUT2D eigenvalue weighted by molar-refractivity contribution is -0.138. The van der Waals surface area contributed by atoms with Crippen LogP contribution in [-0.2, 0) is 35.0 Å². The molecule has 0 aliphatic carbocycles. The van der Waals surface area contributed by atoms with Gasteiger partial charge in [-0.2, -0.15) is 0 Å². The van der Waals surface area contributed by atoms with E-state index >= 15 is 0 Å². The summed E-state index contributed by atoms with van der Waals surface area (Å²) in [5, 5.41) is 10.8. The number of hydrogen-bond donors (Lipinski definition) is 5. The zero-order valence-corrected chi connectivity index (χ0v) is 26.7. The highest BCUT2D eigenvalue weighted by Crippen LogP contribution is 2.39. The van der Waals surface area contributed by atoms with Gasteiger partial charge in [-0.15, -0.1) is 0 Å². The molecule has 3 unspecified atom stereocenters. The first-order valence-corrected chi connectivity index (χ1v) is 16.9. The number of amides is 4. The van der Waals surface area contributed by atoms with E-state index in [1.54, 1.807) is 78.9 Å². The van der Waals surface area contributed by atoms with Crippen LogP contribution in [0.3, 0.4) is 0 Å². The normalized spacial score (nSPS) is 16.9. The monoisotopic (exact) mass is 646 g/mol. The van der Waals surface area contributed by atoms with E-state index in [9.17, 15) is 33.4 Å². The largest absolute Gasteiger partial charge is 0.356 e. The first-order chi connectivity index (χ1) is 22.0. The van der Waals surface area contributed by atoms with Crippen molar-refractivity contribution in [3.8, 4) is 0 Å². The molecule has 0 spiro atoms. The molecule has 3 aromatic carbocycles. The smallest absolute Gasteiger partial charge is 0.313 e. The Balaban J connectivity index is 1.55. The summed E-state index contributed by atoms with van der Waals surface area (Å²) < 4.78 is 13.6. The van der Waals surface area contributed by atoms with E-state index in [1.807, 2.05) is 13.8 Å². The van der Waals surface area contributed by atoms with Gasteiger partial charge >= 0.3 is 11.8 Å². The van der Waals surface area contributed by atoms with Crippen molar-refractivity contribution in [3.63, 3.8) is 0 Å². The average molecular weight is 647 g/mol. The Kier molecular flexibility index (Phi) is 11.6. The molecule has 0 bridgehead atoms. The standard InChI is InChI=1S/C34H39N4O7P/c1-22(2)19-28(38-34(43)33(42)36-25-12-5-3-6-13-25)32(41)37-27(20-24-17-18-35-31(24)40)29(39)21-23-11-9-10-16-30(23)46(44,45)26-14-7-4-8-15-26/h3-16,22,24,27-28H,17-21H2,1-2H3,(H,35,40)(H,36,42)(H,37,41)(H,38,43)(H,44,45)/t24-,27?,28?/m0/s1. The van der Waals surface area contributed by atoms with Gasteiger partial charge in [0, 0.05) is 35.2 Å². The topological polar surface area (TPSA) is 171 Å². The lowest BCUT2D eigenvalue weighted by Crippen LogP contribution is -2.54. The molecule has 12 heteroatoms. The van der Waals surface area contributed by atoms with Gasteiger partial charge < -0.3 is 26.2 Å². The molecule has 0 radical (unpaired) electrons. The summed E-state index contributed by atoms with van der Waals surface area (Å²) in [6.07, 6.45) is 0.369. The third-order valence-electron chi connectivity index (χ3n) is 7.74. The van der Waals surface area contributed by atoms with Crippen LogP contribution in [-0.4, -0.2) is 52.9 Å². The molecule has 1 heterocycles. The zero-order valence-electron chi connectivity index (χ0n) is 25.8. The third-order valence-corrected chi connectivity index (χ3v) is 9.83. The molecular formula is C34H39N4O7P. The molecule has 1 aliphatic rings. The fraction of sp³-hybridized carbons (Fsp3) is 0.324. The predicted molar refractivity (Wildman–Crippen MR) is 175 cm³/mol. The summed E-state index contributed by atoms with van der Waals surface area (Å²) in [5.74, 6) is -3.95. The lowest BCUT2D eigenvalue weighted by atomic mass is 9.92. The molecule has 46 heavy (non-hydrogen) atoms. The van der Waals surface area contributed by atoms with Gasteiger partial charge in [-0.3, -0.25) is 28.5 Å². The average Bonchev–Trinajstić information content (AvgIpc) is 3.44. The van der Waals surface area contributed by atoms with Crippen LogP contribution in [0.15, 0.2) is 84.9 Å². The maximum absolute atomic E-state index is 13.9. The maximum Gasteiger partial charge on any atom is 0.313 e. The lowest BCUT2D eigenvalue weighted by Gasteiger charge is -2.25. The number of hydrogen-bond acceptors (Lipinski definition) is 6. The first kappa shape index (κ1) is 34.3. The van der Waals surface area contributed by atoms with Gasteiger partial charge in [-0.1, -0.05) is 68.4 Å². The molecule has 1 saturated heterocycles. The fourth-order valence-electron chi connectivity index (χ4n) is 5.37. The molecule has 0 saturated carbocycles. The number of carbonyl (C=O) groups excluding carboxylic acids is 5. The van der Waals surface area contributed by atoms with Crippen LogP contribution < -0.4 is 31.9 Å². The fourth-order valence-corrected chi connectivity index (χ4v) is 7.06. The summed E-state index contributed by atoms with van der Waals surface area (Å²) in [5.41, 5.74) is 0.731. The summed E-state index contributed by atoms with van der Waals surface area (Å²) in [7, 11) is -4.06. The van der Waals surface area contributed by atoms with Gasteiger partial charge in [0.15, 0.2) is 5.78 Å². The third kappa shape index (κ3) is 8.99. The molecule has 242 valence electrons. The van der Waals surface area contributed by atoms with Gasteiger partial charge in [0.1, 0.15) is 6.04 Å². The Morgan fingerprint density at radius 3 is 2.13 bits per heavy atom. The Labute approximate surface area is 268 Å². The quantitative estimate of drug-likeness (QED) is 0.140. The molecule has 1 fully saturated rings. The van der Waals surface area contributed by atoms with E-state index in [0.29, 0.717) is 24.2 Å².